The average molecular weight is 377 g/mol. The molecule has 2 aliphatic heterocycles. The number of nitrogens with zero attached hydrogens (tertiary/aromatic N) is 4. The van der Waals surface area contributed by atoms with Gasteiger partial charge >= 0.3 is 6.03 Å². The number of barbiturate groups is 1. The fraction of sp³-hybridized carbons (Fsp3) is 0.611. The predicted molar refractivity (Wildman–Crippen MR) is 100 cm³/mol. The molecule has 0 aromatic heterocycles. The first-order chi connectivity index (χ1) is 12.9. The molecule has 2 saturated heterocycles. The van der Waals surface area contributed by atoms with Gasteiger partial charge in [-0.05, 0) is 6.42 Å². The monoisotopic (exact) mass is 377 g/mol. The lowest BCUT2D eigenvalue weighted by atomic mass is 9.96. The van der Waals surface area contributed by atoms with Crippen molar-refractivity contribution in [2.45, 2.75) is 20.3 Å². The lowest BCUT2D eigenvalue weighted by molar-refractivity contribution is -0.139. The largest absolute Gasteiger partial charge is 0.340 e. The van der Waals surface area contributed by atoms with Crippen LogP contribution in [0.3, 0.4) is 0 Å². The molecule has 2 fully saturated rings. The minimum Gasteiger partial charge on any atom is -0.340 e. The Labute approximate surface area is 159 Å². The number of piperazine rings is 1. The van der Waals surface area contributed by atoms with Crippen molar-refractivity contribution < 1.29 is 19.2 Å². The smallest absolute Gasteiger partial charge is 0.331 e. The quantitative estimate of drug-likeness (QED) is 0.379. The van der Waals surface area contributed by atoms with E-state index in [0.717, 1.165) is 18.0 Å². The zero-order valence-electron chi connectivity index (χ0n) is 15.9. The summed E-state index contributed by atoms with van der Waals surface area (Å²) in [6.07, 6.45) is 1.88. The summed E-state index contributed by atoms with van der Waals surface area (Å²) in [5.74, 6) is -2.16. The fourth-order valence-corrected chi connectivity index (χ4v) is 3.24. The van der Waals surface area contributed by atoms with Crippen molar-refractivity contribution in [1.82, 2.24) is 20.0 Å². The number of rotatable bonds is 7. The van der Waals surface area contributed by atoms with Crippen LogP contribution >= 0.6 is 0 Å². The van der Waals surface area contributed by atoms with Gasteiger partial charge in [0, 0.05) is 51.9 Å². The van der Waals surface area contributed by atoms with Crippen molar-refractivity contribution >= 4 is 29.5 Å². The van der Waals surface area contributed by atoms with Crippen molar-refractivity contribution in [3.63, 3.8) is 0 Å². The standard InChI is InChI=1S/C18H27N5O4/c1-4-7-23-17(26)15(16(25)20-18(23)27)14(5-2)19-6-8-21-9-11-22(12-10-21)13(3)24/h4,15H,1,5-12H2,2-3H3,(H,20,25,27). The predicted octanol–water partition coefficient (Wildman–Crippen LogP) is -0.118. The van der Waals surface area contributed by atoms with E-state index in [1.54, 1.807) is 6.92 Å². The fourth-order valence-electron chi connectivity index (χ4n) is 3.24. The molecule has 148 valence electrons. The summed E-state index contributed by atoms with van der Waals surface area (Å²) in [5, 5.41) is 2.22. The van der Waals surface area contributed by atoms with E-state index in [1.165, 1.54) is 6.08 Å². The van der Waals surface area contributed by atoms with Crippen LogP contribution in [0.25, 0.3) is 0 Å². The van der Waals surface area contributed by atoms with Crippen LogP contribution in [0.1, 0.15) is 20.3 Å². The van der Waals surface area contributed by atoms with Crippen molar-refractivity contribution in [3.05, 3.63) is 12.7 Å². The highest BCUT2D eigenvalue weighted by atomic mass is 16.2. The average Bonchev–Trinajstić information content (AvgIpc) is 2.64. The number of carbonyl (C=O) groups is 4. The molecule has 2 rings (SSSR count). The third kappa shape index (κ3) is 5.00. The Morgan fingerprint density at radius 2 is 1.93 bits per heavy atom. The van der Waals surface area contributed by atoms with Crippen molar-refractivity contribution in [3.8, 4) is 0 Å². The van der Waals surface area contributed by atoms with Crippen molar-refractivity contribution in [2.24, 2.45) is 10.9 Å². The lowest BCUT2D eigenvalue weighted by Crippen LogP contribution is -2.59. The second-order valence-electron chi connectivity index (χ2n) is 6.54. The van der Waals surface area contributed by atoms with Gasteiger partial charge in [0.1, 0.15) is 0 Å². The molecule has 0 aromatic rings. The molecule has 1 atom stereocenters. The molecule has 9 heteroatoms. The third-order valence-electron chi connectivity index (χ3n) is 4.81. The lowest BCUT2D eigenvalue weighted by Gasteiger charge is -2.34. The Morgan fingerprint density at radius 3 is 2.48 bits per heavy atom. The molecule has 9 nitrogen and oxygen atoms in total. The molecule has 0 aromatic carbocycles. The van der Waals surface area contributed by atoms with Crippen LogP contribution in [0.4, 0.5) is 4.79 Å². The summed E-state index contributed by atoms with van der Waals surface area (Å²) < 4.78 is 0. The number of hydrogen-bond donors (Lipinski definition) is 1. The van der Waals surface area contributed by atoms with E-state index in [9.17, 15) is 19.2 Å². The number of imide groups is 2. The molecule has 0 radical (unpaired) electrons. The second kappa shape index (κ2) is 9.40. The summed E-state index contributed by atoms with van der Waals surface area (Å²) >= 11 is 0. The third-order valence-corrected chi connectivity index (χ3v) is 4.81. The van der Waals surface area contributed by atoms with E-state index in [-0.39, 0.29) is 12.5 Å². The summed E-state index contributed by atoms with van der Waals surface area (Å²) in [6.45, 7) is 11.1. The topological polar surface area (TPSA) is 102 Å². The van der Waals surface area contributed by atoms with Crippen LogP contribution < -0.4 is 5.32 Å². The summed E-state index contributed by atoms with van der Waals surface area (Å²) in [7, 11) is 0. The van der Waals surface area contributed by atoms with Crippen LogP contribution in [0.5, 0.6) is 0 Å². The maximum absolute atomic E-state index is 12.6. The van der Waals surface area contributed by atoms with Crippen LogP contribution in [0, 0.1) is 5.92 Å². The maximum atomic E-state index is 12.6. The van der Waals surface area contributed by atoms with Gasteiger partial charge in [-0.2, -0.15) is 0 Å². The Bertz CT molecular complexity index is 652. The molecule has 27 heavy (non-hydrogen) atoms. The summed E-state index contributed by atoms with van der Waals surface area (Å²) in [4.78, 5) is 57.4. The van der Waals surface area contributed by atoms with Gasteiger partial charge < -0.3 is 4.90 Å². The van der Waals surface area contributed by atoms with E-state index in [2.05, 4.69) is 21.8 Å². The zero-order chi connectivity index (χ0) is 20.0. The number of hydrogen-bond acceptors (Lipinski definition) is 6. The first-order valence-corrected chi connectivity index (χ1v) is 9.17. The minimum atomic E-state index is -1.07. The van der Waals surface area contributed by atoms with E-state index < -0.39 is 23.8 Å². The van der Waals surface area contributed by atoms with E-state index in [1.807, 2.05) is 11.8 Å². The SMILES string of the molecule is C=CCN1C(=O)NC(=O)C(C(CC)=NCCN2CCN(C(C)=O)CC2)C1=O. The van der Waals surface area contributed by atoms with Gasteiger partial charge in [-0.3, -0.25) is 34.5 Å². The molecular weight excluding hydrogens is 350 g/mol. The van der Waals surface area contributed by atoms with Gasteiger partial charge in [0.25, 0.3) is 0 Å². The summed E-state index contributed by atoms with van der Waals surface area (Å²) in [6, 6.07) is -0.722. The maximum Gasteiger partial charge on any atom is 0.331 e. The van der Waals surface area contributed by atoms with Gasteiger partial charge in [0.05, 0.1) is 6.54 Å². The van der Waals surface area contributed by atoms with Gasteiger partial charge in [0.15, 0.2) is 5.92 Å². The molecular formula is C18H27N5O4. The van der Waals surface area contributed by atoms with Gasteiger partial charge in [-0.15, -0.1) is 6.58 Å². The molecule has 0 aliphatic carbocycles. The number of nitrogens with one attached hydrogen (secondary N) is 1. The highest BCUT2D eigenvalue weighted by Gasteiger charge is 2.42. The van der Waals surface area contributed by atoms with Crippen LogP contribution in [-0.4, -0.2) is 90.0 Å². The molecule has 1 unspecified atom stereocenters. The first kappa shape index (κ1) is 20.8. The molecule has 0 spiro atoms. The number of aliphatic imine (C=N–C) groups is 1. The minimum absolute atomic E-state index is 0.0475. The highest BCUT2D eigenvalue weighted by Crippen LogP contribution is 2.15. The normalized spacial score (nSPS) is 22.1. The second-order valence-corrected chi connectivity index (χ2v) is 6.54. The Hall–Kier alpha value is -2.55. The van der Waals surface area contributed by atoms with Crippen LogP contribution in [0.2, 0.25) is 0 Å². The number of amides is 5. The molecule has 5 amide bonds. The molecule has 0 bridgehead atoms. The molecule has 2 aliphatic rings. The zero-order valence-corrected chi connectivity index (χ0v) is 15.9. The van der Waals surface area contributed by atoms with Crippen molar-refractivity contribution in [1.29, 1.82) is 0 Å². The first-order valence-electron chi connectivity index (χ1n) is 9.17. The highest BCUT2D eigenvalue weighted by molar-refractivity contribution is 6.27. The van der Waals surface area contributed by atoms with Gasteiger partial charge in [-0.1, -0.05) is 13.0 Å². The van der Waals surface area contributed by atoms with Crippen LogP contribution in [-0.2, 0) is 14.4 Å². The molecule has 2 heterocycles. The Kier molecular flexibility index (Phi) is 7.23. The Morgan fingerprint density at radius 1 is 1.26 bits per heavy atom. The van der Waals surface area contributed by atoms with Crippen LogP contribution in [0.15, 0.2) is 17.6 Å². The van der Waals surface area contributed by atoms with Gasteiger partial charge in [-0.25, -0.2) is 4.79 Å². The van der Waals surface area contributed by atoms with E-state index in [4.69, 9.17) is 0 Å². The van der Waals surface area contributed by atoms with E-state index >= 15 is 0 Å². The molecule has 1 N–H and O–H groups in total. The van der Waals surface area contributed by atoms with Gasteiger partial charge in [0.2, 0.25) is 17.7 Å². The van der Waals surface area contributed by atoms with E-state index in [0.29, 0.717) is 38.3 Å². The summed E-state index contributed by atoms with van der Waals surface area (Å²) in [5.41, 5.74) is 0.474. The molecule has 0 saturated carbocycles. The van der Waals surface area contributed by atoms with Crippen molar-refractivity contribution in [2.75, 3.05) is 45.8 Å². The number of urea groups is 1. The number of carbonyl (C=O) groups excluding carboxylic acids is 4. The Balaban J connectivity index is 1.97.